The molecular formula is C18H20N4O2S. The number of Topliss-reactive ketones (excluding diaryl/α,β-unsaturated/α-hetero) is 1. The van der Waals surface area contributed by atoms with Crippen molar-refractivity contribution in [3.05, 3.63) is 46.6 Å². The van der Waals surface area contributed by atoms with Crippen LogP contribution in [0.3, 0.4) is 0 Å². The first kappa shape index (κ1) is 16.2. The molecule has 130 valence electrons. The molecule has 3 heterocycles. The van der Waals surface area contributed by atoms with Gasteiger partial charge in [-0.2, -0.15) is 9.61 Å². The fourth-order valence-corrected chi connectivity index (χ4v) is 4.46. The Kier molecular flexibility index (Phi) is 4.27. The van der Waals surface area contributed by atoms with Crippen LogP contribution in [0.5, 0.6) is 5.88 Å². The Morgan fingerprint density at radius 2 is 1.96 bits per heavy atom. The third kappa shape index (κ3) is 2.94. The lowest BCUT2D eigenvalue weighted by atomic mass is 9.98. The first-order chi connectivity index (χ1) is 12.2. The zero-order chi connectivity index (χ0) is 17.4. The fourth-order valence-electron chi connectivity index (χ4n) is 3.37. The van der Waals surface area contributed by atoms with Crippen molar-refractivity contribution >= 4 is 22.1 Å². The summed E-state index contributed by atoms with van der Waals surface area (Å²) in [5.74, 6) is 0.446. The van der Waals surface area contributed by atoms with Crippen molar-refractivity contribution in [3.63, 3.8) is 0 Å². The van der Waals surface area contributed by atoms with Crippen molar-refractivity contribution in [3.8, 4) is 5.88 Å². The van der Waals surface area contributed by atoms with Crippen LogP contribution in [0.25, 0.3) is 4.96 Å². The van der Waals surface area contributed by atoms with Crippen LogP contribution in [0, 0.1) is 0 Å². The molecule has 0 bridgehead atoms. The zero-order valence-electron chi connectivity index (χ0n) is 14.1. The Morgan fingerprint density at radius 3 is 2.60 bits per heavy atom. The quantitative estimate of drug-likeness (QED) is 0.778. The Balaban J connectivity index is 1.78. The Labute approximate surface area is 149 Å². The first-order valence-electron chi connectivity index (χ1n) is 8.53. The minimum atomic E-state index is -0.0903. The average Bonchev–Trinajstić information content (AvgIpc) is 3.21. The summed E-state index contributed by atoms with van der Waals surface area (Å²) in [5, 5.41) is 14.8. The smallest absolute Gasteiger partial charge is 0.230 e. The van der Waals surface area contributed by atoms with Gasteiger partial charge in [-0.1, -0.05) is 42.5 Å². The summed E-state index contributed by atoms with van der Waals surface area (Å²) >= 11 is 1.45. The average molecular weight is 356 g/mol. The maximum Gasteiger partial charge on any atom is 0.230 e. The second-order valence-corrected chi connectivity index (χ2v) is 7.33. The molecule has 4 rings (SSSR count). The molecule has 0 radical (unpaired) electrons. The number of likely N-dealkylation sites (tertiary alicyclic amines) is 1. The Hall–Kier alpha value is -2.25. The van der Waals surface area contributed by atoms with Crippen LogP contribution < -0.4 is 0 Å². The highest BCUT2D eigenvalue weighted by Crippen LogP contribution is 2.40. The second kappa shape index (κ2) is 6.57. The van der Waals surface area contributed by atoms with Crippen molar-refractivity contribution in [1.82, 2.24) is 19.5 Å². The number of ketones is 1. The molecule has 0 spiro atoms. The number of aromatic nitrogens is 3. The van der Waals surface area contributed by atoms with Gasteiger partial charge in [0.1, 0.15) is 12.1 Å². The van der Waals surface area contributed by atoms with Gasteiger partial charge in [0.25, 0.3) is 0 Å². The number of aromatic hydroxyl groups is 1. The van der Waals surface area contributed by atoms with E-state index in [1.165, 1.54) is 27.7 Å². The van der Waals surface area contributed by atoms with Crippen molar-refractivity contribution in [2.45, 2.75) is 32.2 Å². The molecule has 1 N–H and O–H groups in total. The minimum Gasteiger partial charge on any atom is -0.492 e. The van der Waals surface area contributed by atoms with Gasteiger partial charge in [-0.15, -0.1) is 0 Å². The largest absolute Gasteiger partial charge is 0.492 e. The summed E-state index contributed by atoms with van der Waals surface area (Å²) in [7, 11) is 0. The van der Waals surface area contributed by atoms with E-state index in [1.807, 2.05) is 0 Å². The molecule has 6 nitrogen and oxygen atoms in total. The maximum atomic E-state index is 11.7. The number of benzene rings is 1. The lowest BCUT2D eigenvalue weighted by molar-refractivity contribution is -0.121. The monoisotopic (exact) mass is 356 g/mol. The van der Waals surface area contributed by atoms with Crippen LogP contribution in [0.2, 0.25) is 0 Å². The lowest BCUT2D eigenvalue weighted by Gasteiger charge is -2.33. The Bertz CT molecular complexity index is 890. The number of carbonyl (C=O) groups excluding carboxylic acids is 1. The number of piperidine rings is 1. The molecule has 0 amide bonds. The third-order valence-electron chi connectivity index (χ3n) is 4.81. The summed E-state index contributed by atoms with van der Waals surface area (Å²) in [5.41, 5.74) is 2.40. The molecule has 0 aliphatic carbocycles. The van der Waals surface area contributed by atoms with Gasteiger partial charge in [-0.3, -0.25) is 9.69 Å². The van der Waals surface area contributed by atoms with E-state index in [1.54, 1.807) is 0 Å². The lowest BCUT2D eigenvalue weighted by Crippen LogP contribution is -2.37. The van der Waals surface area contributed by atoms with Crippen molar-refractivity contribution in [2.75, 3.05) is 13.1 Å². The molecule has 2 aromatic heterocycles. The van der Waals surface area contributed by atoms with E-state index in [4.69, 9.17) is 0 Å². The summed E-state index contributed by atoms with van der Waals surface area (Å²) in [6.07, 6.45) is 3.56. The van der Waals surface area contributed by atoms with Crippen LogP contribution in [-0.2, 0) is 11.2 Å². The highest BCUT2D eigenvalue weighted by Gasteiger charge is 2.31. The molecular weight excluding hydrogens is 336 g/mol. The minimum absolute atomic E-state index is 0.0903. The molecule has 3 aromatic rings. The molecule has 7 heteroatoms. The predicted octanol–water partition coefficient (Wildman–Crippen LogP) is 2.81. The molecule has 25 heavy (non-hydrogen) atoms. The van der Waals surface area contributed by atoms with Crippen molar-refractivity contribution in [1.29, 1.82) is 0 Å². The van der Waals surface area contributed by atoms with Crippen LogP contribution in [0.15, 0.2) is 30.6 Å². The standard InChI is InChI=1S/C18H20N4O2S/c1-2-12-3-5-13(6-4-12)15(21-9-7-14(23)8-10-21)16-17(24)22-18(25-16)19-11-20-22/h3-6,11,15,24H,2,7-10H2,1H3. The Morgan fingerprint density at radius 1 is 1.24 bits per heavy atom. The van der Waals surface area contributed by atoms with E-state index in [2.05, 4.69) is 46.2 Å². The predicted molar refractivity (Wildman–Crippen MR) is 96.0 cm³/mol. The number of aryl methyl sites for hydroxylation is 1. The van der Waals surface area contributed by atoms with Gasteiger partial charge in [0, 0.05) is 25.9 Å². The van der Waals surface area contributed by atoms with E-state index in [0.29, 0.717) is 36.7 Å². The number of carbonyl (C=O) groups is 1. The van der Waals surface area contributed by atoms with Gasteiger partial charge in [0.2, 0.25) is 10.8 Å². The molecule has 1 atom stereocenters. The van der Waals surface area contributed by atoms with Crippen molar-refractivity contribution in [2.24, 2.45) is 0 Å². The van der Waals surface area contributed by atoms with Gasteiger partial charge in [0.05, 0.1) is 10.9 Å². The second-order valence-electron chi connectivity index (χ2n) is 6.32. The third-order valence-corrected chi connectivity index (χ3v) is 5.90. The van der Waals surface area contributed by atoms with Gasteiger partial charge in [0.15, 0.2) is 0 Å². The summed E-state index contributed by atoms with van der Waals surface area (Å²) < 4.78 is 1.47. The number of nitrogens with zero attached hydrogens (tertiary/aromatic N) is 4. The molecule has 1 aromatic carbocycles. The van der Waals surface area contributed by atoms with Crippen LogP contribution in [0.4, 0.5) is 0 Å². The molecule has 1 unspecified atom stereocenters. The van der Waals surface area contributed by atoms with Crippen LogP contribution >= 0.6 is 11.3 Å². The van der Waals surface area contributed by atoms with Gasteiger partial charge < -0.3 is 5.11 Å². The molecule has 1 aliphatic rings. The van der Waals surface area contributed by atoms with E-state index in [9.17, 15) is 9.90 Å². The highest BCUT2D eigenvalue weighted by atomic mass is 32.1. The van der Waals surface area contributed by atoms with E-state index in [0.717, 1.165) is 16.9 Å². The van der Waals surface area contributed by atoms with E-state index >= 15 is 0 Å². The summed E-state index contributed by atoms with van der Waals surface area (Å²) in [6.45, 7) is 3.53. The van der Waals surface area contributed by atoms with Crippen LogP contribution in [-0.4, -0.2) is 43.5 Å². The first-order valence-corrected chi connectivity index (χ1v) is 9.35. The SMILES string of the molecule is CCc1ccc(C(c2sc3ncnn3c2O)N2CCC(=O)CC2)cc1. The number of hydrogen-bond acceptors (Lipinski definition) is 6. The number of fused-ring (bicyclic) bond motifs is 1. The van der Waals surface area contributed by atoms with E-state index in [-0.39, 0.29) is 11.9 Å². The van der Waals surface area contributed by atoms with Gasteiger partial charge in [-0.05, 0) is 17.5 Å². The molecule has 1 saturated heterocycles. The normalized spacial score (nSPS) is 17.2. The van der Waals surface area contributed by atoms with E-state index < -0.39 is 0 Å². The van der Waals surface area contributed by atoms with Crippen molar-refractivity contribution < 1.29 is 9.90 Å². The number of hydrogen-bond donors (Lipinski definition) is 1. The highest BCUT2D eigenvalue weighted by molar-refractivity contribution is 7.17. The zero-order valence-corrected chi connectivity index (χ0v) is 14.9. The molecule has 0 saturated carbocycles. The number of thiazole rings is 1. The maximum absolute atomic E-state index is 11.7. The number of rotatable bonds is 4. The summed E-state index contributed by atoms with van der Waals surface area (Å²) in [6, 6.07) is 8.41. The topological polar surface area (TPSA) is 70.7 Å². The van der Waals surface area contributed by atoms with Gasteiger partial charge in [-0.25, -0.2) is 4.98 Å². The molecule has 1 aliphatic heterocycles. The van der Waals surface area contributed by atoms with Crippen LogP contribution in [0.1, 0.15) is 41.8 Å². The summed E-state index contributed by atoms with van der Waals surface area (Å²) in [4.78, 5) is 19.6. The fraction of sp³-hybridized carbons (Fsp3) is 0.389. The molecule has 1 fully saturated rings. The van der Waals surface area contributed by atoms with Gasteiger partial charge >= 0.3 is 0 Å².